The summed E-state index contributed by atoms with van der Waals surface area (Å²) in [7, 11) is 0. The van der Waals surface area contributed by atoms with E-state index in [1.807, 2.05) is 4.90 Å². The Kier molecular flexibility index (Phi) is 6.68. The number of ether oxygens (including phenoxy) is 2. The van der Waals surface area contributed by atoms with Gasteiger partial charge in [-0.1, -0.05) is 25.7 Å². The zero-order valence-electron chi connectivity index (χ0n) is 15.6. The van der Waals surface area contributed by atoms with Gasteiger partial charge in [-0.3, -0.25) is 4.90 Å². The average Bonchev–Trinajstić information content (AvgIpc) is 2.91. The third-order valence-electron chi connectivity index (χ3n) is 5.34. The largest absolute Gasteiger partial charge is 0.490 e. The third kappa shape index (κ3) is 6.10. The summed E-state index contributed by atoms with van der Waals surface area (Å²) in [6.07, 6.45) is 5.85. The van der Waals surface area contributed by atoms with Crippen LogP contribution in [0, 0.1) is 11.6 Å². The molecule has 1 aromatic rings. The molecule has 1 heterocycles. The van der Waals surface area contributed by atoms with Crippen molar-refractivity contribution >= 4 is 0 Å². The number of benzene rings is 1. The molecule has 1 aliphatic heterocycles. The molecule has 1 saturated carbocycles. The van der Waals surface area contributed by atoms with E-state index in [2.05, 4.69) is 0 Å². The summed E-state index contributed by atoms with van der Waals surface area (Å²) < 4.78 is 37.6. The lowest BCUT2D eigenvalue weighted by atomic mass is 9.93. The van der Waals surface area contributed by atoms with E-state index >= 15 is 0 Å². The summed E-state index contributed by atoms with van der Waals surface area (Å²) in [5.74, 6) is -1.43. The normalized spacial score (nSPS) is 27.0. The van der Waals surface area contributed by atoms with Gasteiger partial charge in [-0.05, 0) is 12.8 Å². The highest BCUT2D eigenvalue weighted by Gasteiger charge is 2.37. The van der Waals surface area contributed by atoms with Crippen LogP contribution in [-0.4, -0.2) is 65.8 Å². The van der Waals surface area contributed by atoms with Crippen molar-refractivity contribution < 1.29 is 28.5 Å². The third-order valence-corrected chi connectivity index (χ3v) is 5.34. The van der Waals surface area contributed by atoms with Gasteiger partial charge in [0.25, 0.3) is 0 Å². The molecule has 1 saturated heterocycles. The minimum atomic E-state index is -1.32. The van der Waals surface area contributed by atoms with Gasteiger partial charge in [0.05, 0.1) is 18.8 Å². The Morgan fingerprint density at radius 3 is 2.33 bits per heavy atom. The highest BCUT2D eigenvalue weighted by Crippen LogP contribution is 2.29. The van der Waals surface area contributed by atoms with Crippen molar-refractivity contribution in [2.75, 3.05) is 39.5 Å². The molecule has 0 radical (unpaired) electrons. The Bertz CT molecular complexity index is 602. The lowest BCUT2D eigenvalue weighted by molar-refractivity contribution is -0.0734. The summed E-state index contributed by atoms with van der Waals surface area (Å²) in [6.45, 7) is 1.73. The summed E-state index contributed by atoms with van der Waals surface area (Å²) in [6, 6.07) is 2.93. The van der Waals surface area contributed by atoms with E-state index in [0.717, 1.165) is 56.7 Å². The van der Waals surface area contributed by atoms with Gasteiger partial charge in [-0.15, -0.1) is 0 Å². The topological polar surface area (TPSA) is 62.2 Å². The van der Waals surface area contributed by atoms with Gasteiger partial charge in [-0.2, -0.15) is 0 Å². The molecule has 2 aliphatic rings. The molecule has 1 aromatic carbocycles. The predicted molar refractivity (Wildman–Crippen MR) is 96.7 cm³/mol. The van der Waals surface area contributed by atoms with Gasteiger partial charge in [-0.25, -0.2) is 8.78 Å². The molecule has 0 bridgehead atoms. The maximum absolute atomic E-state index is 13.3. The molecule has 0 amide bonds. The molecule has 1 aliphatic carbocycles. The molecule has 5 nitrogen and oxygen atoms in total. The minimum absolute atomic E-state index is 0.0270. The lowest BCUT2D eigenvalue weighted by Crippen LogP contribution is -2.52. The van der Waals surface area contributed by atoms with Crippen molar-refractivity contribution in [3.8, 4) is 5.75 Å². The lowest BCUT2D eigenvalue weighted by Gasteiger charge is -2.36. The standard InChI is InChI=1S/C20H29F2NO4/c21-16-9-17(22)11-18(10-16)27-15-20(25)13-23(7-8-26-14-20)12-19(24)5-3-1-2-4-6-19/h9-11,24-25H,1-8,12-15H2. The van der Waals surface area contributed by atoms with Gasteiger partial charge in [0.15, 0.2) is 0 Å². The maximum Gasteiger partial charge on any atom is 0.134 e. The van der Waals surface area contributed by atoms with Gasteiger partial charge in [0.2, 0.25) is 0 Å². The van der Waals surface area contributed by atoms with Crippen molar-refractivity contribution in [2.24, 2.45) is 0 Å². The minimum Gasteiger partial charge on any atom is -0.490 e. The second kappa shape index (κ2) is 8.82. The first-order valence-electron chi connectivity index (χ1n) is 9.70. The molecule has 0 aromatic heterocycles. The molecule has 2 fully saturated rings. The first kappa shape index (κ1) is 20.5. The molecular weight excluding hydrogens is 356 g/mol. The molecule has 27 heavy (non-hydrogen) atoms. The Morgan fingerprint density at radius 1 is 1.00 bits per heavy atom. The van der Waals surface area contributed by atoms with Crippen molar-refractivity contribution in [3.05, 3.63) is 29.8 Å². The zero-order valence-corrected chi connectivity index (χ0v) is 15.6. The Morgan fingerprint density at radius 2 is 1.67 bits per heavy atom. The SMILES string of the molecule is OC1(CN2CCOCC(O)(COc3cc(F)cc(F)c3)C2)CCCCCC1. The number of halogens is 2. The molecule has 0 spiro atoms. The quantitative estimate of drug-likeness (QED) is 0.763. The van der Waals surface area contributed by atoms with Crippen molar-refractivity contribution in [1.82, 2.24) is 4.90 Å². The smallest absolute Gasteiger partial charge is 0.134 e. The van der Waals surface area contributed by atoms with E-state index < -0.39 is 22.8 Å². The number of β-amino-alcohol motifs (C(OH)–C–C–N with tert-alkyl or cyclic N) is 2. The van der Waals surface area contributed by atoms with E-state index in [0.29, 0.717) is 19.7 Å². The van der Waals surface area contributed by atoms with Crippen molar-refractivity contribution in [3.63, 3.8) is 0 Å². The van der Waals surface area contributed by atoms with Crippen LogP contribution in [0.2, 0.25) is 0 Å². The van der Waals surface area contributed by atoms with Gasteiger partial charge < -0.3 is 19.7 Å². The van der Waals surface area contributed by atoms with Gasteiger partial charge >= 0.3 is 0 Å². The second-order valence-corrected chi connectivity index (χ2v) is 8.02. The summed E-state index contributed by atoms with van der Waals surface area (Å²) in [5.41, 5.74) is -2.06. The van der Waals surface area contributed by atoms with Crippen LogP contribution in [0.5, 0.6) is 5.75 Å². The van der Waals surface area contributed by atoms with Gasteiger partial charge in [0, 0.05) is 37.8 Å². The summed E-state index contributed by atoms with van der Waals surface area (Å²) in [5, 5.41) is 21.9. The Balaban J connectivity index is 1.62. The predicted octanol–water partition coefficient (Wildman–Crippen LogP) is 2.49. The summed E-state index contributed by atoms with van der Waals surface area (Å²) in [4.78, 5) is 2.01. The molecule has 152 valence electrons. The number of nitrogens with zero attached hydrogens (tertiary/aromatic N) is 1. The van der Waals surface area contributed by atoms with Crippen LogP contribution in [0.15, 0.2) is 18.2 Å². The van der Waals surface area contributed by atoms with Crippen LogP contribution in [0.3, 0.4) is 0 Å². The fraction of sp³-hybridized carbons (Fsp3) is 0.700. The van der Waals surface area contributed by atoms with Crippen molar-refractivity contribution in [2.45, 2.75) is 49.7 Å². The monoisotopic (exact) mass is 385 g/mol. The van der Waals surface area contributed by atoms with E-state index in [9.17, 15) is 19.0 Å². The second-order valence-electron chi connectivity index (χ2n) is 8.02. The van der Waals surface area contributed by atoms with Crippen LogP contribution in [0.4, 0.5) is 8.78 Å². The first-order valence-corrected chi connectivity index (χ1v) is 9.70. The van der Waals surface area contributed by atoms with Crippen LogP contribution in [-0.2, 0) is 4.74 Å². The average molecular weight is 385 g/mol. The maximum atomic E-state index is 13.3. The van der Waals surface area contributed by atoms with Crippen LogP contribution < -0.4 is 4.74 Å². The van der Waals surface area contributed by atoms with E-state index in [1.165, 1.54) is 0 Å². The van der Waals surface area contributed by atoms with Crippen LogP contribution in [0.25, 0.3) is 0 Å². The fourth-order valence-electron chi connectivity index (χ4n) is 4.01. The molecule has 7 heteroatoms. The highest BCUT2D eigenvalue weighted by atomic mass is 19.1. The Labute approximate surface area is 158 Å². The van der Waals surface area contributed by atoms with Crippen LogP contribution >= 0.6 is 0 Å². The number of rotatable bonds is 5. The molecule has 1 atom stereocenters. The highest BCUT2D eigenvalue weighted by molar-refractivity contribution is 5.24. The fourth-order valence-corrected chi connectivity index (χ4v) is 4.01. The van der Waals surface area contributed by atoms with E-state index in [-0.39, 0.29) is 25.5 Å². The zero-order chi connectivity index (χ0) is 19.3. The number of hydrogen-bond acceptors (Lipinski definition) is 5. The van der Waals surface area contributed by atoms with E-state index in [4.69, 9.17) is 9.47 Å². The van der Waals surface area contributed by atoms with Crippen molar-refractivity contribution in [1.29, 1.82) is 0 Å². The first-order chi connectivity index (χ1) is 12.9. The molecule has 1 unspecified atom stereocenters. The summed E-state index contributed by atoms with van der Waals surface area (Å²) >= 11 is 0. The molecule has 2 N–H and O–H groups in total. The number of aliphatic hydroxyl groups is 2. The van der Waals surface area contributed by atoms with E-state index in [1.54, 1.807) is 0 Å². The number of hydrogen-bond donors (Lipinski definition) is 2. The molecule has 3 rings (SSSR count). The Hall–Kier alpha value is -1.28. The van der Waals surface area contributed by atoms with Crippen LogP contribution in [0.1, 0.15) is 38.5 Å². The van der Waals surface area contributed by atoms with Gasteiger partial charge in [0.1, 0.15) is 29.6 Å². The molecular formula is C20H29F2NO4.